The summed E-state index contributed by atoms with van der Waals surface area (Å²) in [5, 5.41) is 9.47. The summed E-state index contributed by atoms with van der Waals surface area (Å²) in [6.07, 6.45) is 4.29. The van der Waals surface area contributed by atoms with E-state index in [-0.39, 0.29) is 22.9 Å². The van der Waals surface area contributed by atoms with Gasteiger partial charge < -0.3 is 28.6 Å². The second-order valence-electron chi connectivity index (χ2n) is 10.0. The Morgan fingerprint density at radius 1 is 1.23 bits per heavy atom. The number of pyridine rings is 1. The first-order valence-corrected chi connectivity index (χ1v) is 12.3. The lowest BCUT2D eigenvalue weighted by Crippen LogP contribution is -2.50. The third-order valence-electron chi connectivity index (χ3n) is 6.93. The van der Waals surface area contributed by atoms with Crippen molar-refractivity contribution >= 4 is 5.97 Å². The Labute approximate surface area is 205 Å². The van der Waals surface area contributed by atoms with Gasteiger partial charge in [0, 0.05) is 30.5 Å². The van der Waals surface area contributed by atoms with E-state index in [9.17, 15) is 14.7 Å². The average molecular weight is 486 g/mol. The predicted molar refractivity (Wildman–Crippen MR) is 132 cm³/mol. The summed E-state index contributed by atoms with van der Waals surface area (Å²) in [5.41, 5.74) is 1.70. The van der Waals surface area contributed by atoms with Gasteiger partial charge in [-0.2, -0.15) is 0 Å². The fourth-order valence-electron chi connectivity index (χ4n) is 4.73. The number of fused-ring (bicyclic) bond motifs is 3. The highest BCUT2D eigenvalue weighted by Crippen LogP contribution is 2.43. The Balaban J connectivity index is 1.65. The highest BCUT2D eigenvalue weighted by atomic mass is 16.5. The largest absolute Gasteiger partial charge is 0.493 e. The number of unbranched alkanes of at least 4 members (excludes halogenated alkanes) is 1. The standard InChI is InChI=1S/C27H35NO7/c1-5-6-7-33-13-27(14-34-15-27)16-35-25-9-18-8-21(17(2)3)28-12-20(26(30)31)23(29)11-22(28)19(18)10-24(25)32-4/h9-12,17,21H,5-8,13-16H2,1-4H3,(H,30,31)/t21-/m0/s1. The summed E-state index contributed by atoms with van der Waals surface area (Å²) >= 11 is 0. The number of hydrogen-bond donors (Lipinski definition) is 1. The zero-order valence-electron chi connectivity index (χ0n) is 21.0. The van der Waals surface area contributed by atoms with Crippen LogP contribution in [0.15, 0.2) is 29.2 Å². The van der Waals surface area contributed by atoms with E-state index in [2.05, 4.69) is 20.8 Å². The van der Waals surface area contributed by atoms with Crippen molar-refractivity contribution in [2.45, 2.75) is 46.1 Å². The SMILES string of the molecule is CCCCOCC1(COc2cc3c(cc2OC)-c2cc(=O)c(C(=O)O)cn2[C@H](C(C)C)C3)COC1. The Hall–Kier alpha value is -2.84. The summed E-state index contributed by atoms with van der Waals surface area (Å²) in [6, 6.07) is 5.31. The number of ether oxygens (including phenoxy) is 4. The van der Waals surface area contributed by atoms with Crippen LogP contribution in [0.25, 0.3) is 11.3 Å². The fourth-order valence-corrected chi connectivity index (χ4v) is 4.73. The van der Waals surface area contributed by atoms with E-state index >= 15 is 0 Å². The van der Waals surface area contributed by atoms with Crippen LogP contribution < -0.4 is 14.9 Å². The zero-order valence-corrected chi connectivity index (χ0v) is 21.0. The molecule has 0 spiro atoms. The average Bonchev–Trinajstić information content (AvgIpc) is 2.80. The number of aromatic carboxylic acids is 1. The molecule has 8 nitrogen and oxygen atoms in total. The van der Waals surface area contributed by atoms with Crippen LogP contribution in [0.3, 0.4) is 0 Å². The van der Waals surface area contributed by atoms with Gasteiger partial charge in [0.15, 0.2) is 16.9 Å². The van der Waals surface area contributed by atoms with Gasteiger partial charge >= 0.3 is 5.97 Å². The number of benzene rings is 1. The number of carboxylic acids is 1. The first kappa shape index (κ1) is 25.3. The number of methoxy groups -OCH3 is 1. The van der Waals surface area contributed by atoms with E-state index in [4.69, 9.17) is 18.9 Å². The number of carboxylic acid groups (broad SMARTS) is 1. The van der Waals surface area contributed by atoms with Gasteiger partial charge in [-0.25, -0.2) is 4.79 Å². The first-order chi connectivity index (χ1) is 16.8. The highest BCUT2D eigenvalue weighted by Gasteiger charge is 2.40. The summed E-state index contributed by atoms with van der Waals surface area (Å²) < 4.78 is 25.2. The molecule has 0 radical (unpaired) electrons. The second kappa shape index (κ2) is 10.4. The summed E-state index contributed by atoms with van der Waals surface area (Å²) in [5.74, 6) is 0.225. The Bertz CT molecular complexity index is 1130. The lowest BCUT2D eigenvalue weighted by molar-refractivity contribution is -0.164. The Morgan fingerprint density at radius 2 is 2.00 bits per heavy atom. The lowest BCUT2D eigenvalue weighted by Gasteiger charge is -2.40. The van der Waals surface area contributed by atoms with E-state index in [1.54, 1.807) is 7.11 Å². The summed E-state index contributed by atoms with van der Waals surface area (Å²) in [6.45, 7) is 9.32. The van der Waals surface area contributed by atoms with Gasteiger partial charge in [-0.15, -0.1) is 0 Å². The van der Waals surface area contributed by atoms with Crippen molar-refractivity contribution in [3.05, 3.63) is 45.7 Å². The third-order valence-corrected chi connectivity index (χ3v) is 6.93. The van der Waals surface area contributed by atoms with Crippen LogP contribution in [0.4, 0.5) is 0 Å². The number of carbonyl (C=O) groups is 1. The van der Waals surface area contributed by atoms with E-state index in [0.717, 1.165) is 30.6 Å². The van der Waals surface area contributed by atoms with E-state index in [1.165, 1.54) is 12.3 Å². The van der Waals surface area contributed by atoms with E-state index in [0.29, 0.717) is 50.0 Å². The summed E-state index contributed by atoms with van der Waals surface area (Å²) in [4.78, 5) is 24.1. The molecule has 0 aliphatic carbocycles. The van der Waals surface area contributed by atoms with Crippen molar-refractivity contribution in [2.75, 3.05) is 40.1 Å². The van der Waals surface area contributed by atoms with Crippen LogP contribution in [-0.4, -0.2) is 55.8 Å². The molecule has 2 aliphatic heterocycles. The van der Waals surface area contributed by atoms with Crippen molar-refractivity contribution in [1.29, 1.82) is 0 Å². The maximum atomic E-state index is 12.5. The molecule has 8 heteroatoms. The minimum Gasteiger partial charge on any atom is -0.493 e. The van der Waals surface area contributed by atoms with Crippen molar-refractivity contribution in [3.8, 4) is 22.8 Å². The molecule has 1 N–H and O–H groups in total. The molecule has 35 heavy (non-hydrogen) atoms. The fraction of sp³-hybridized carbons (Fsp3) is 0.556. The maximum Gasteiger partial charge on any atom is 0.341 e. The number of nitrogens with zero attached hydrogens (tertiary/aromatic N) is 1. The molecule has 0 saturated carbocycles. The van der Waals surface area contributed by atoms with Gasteiger partial charge in [-0.1, -0.05) is 27.2 Å². The van der Waals surface area contributed by atoms with Crippen LogP contribution in [0.2, 0.25) is 0 Å². The topological polar surface area (TPSA) is 96.2 Å². The number of hydrogen-bond acceptors (Lipinski definition) is 6. The van der Waals surface area contributed by atoms with Crippen molar-refractivity contribution < 1.29 is 28.8 Å². The van der Waals surface area contributed by atoms with Crippen LogP contribution >= 0.6 is 0 Å². The molecular formula is C27H35NO7. The summed E-state index contributed by atoms with van der Waals surface area (Å²) in [7, 11) is 1.59. The molecule has 0 unspecified atom stereocenters. The molecule has 4 rings (SSSR count). The van der Waals surface area contributed by atoms with Crippen LogP contribution in [0, 0.1) is 11.3 Å². The first-order valence-electron chi connectivity index (χ1n) is 12.3. The van der Waals surface area contributed by atoms with Gasteiger partial charge in [0.05, 0.1) is 38.0 Å². The van der Waals surface area contributed by atoms with Gasteiger partial charge in [0.1, 0.15) is 12.2 Å². The molecule has 3 heterocycles. The van der Waals surface area contributed by atoms with Crippen molar-refractivity contribution in [2.24, 2.45) is 11.3 Å². The maximum absolute atomic E-state index is 12.5. The van der Waals surface area contributed by atoms with Crippen molar-refractivity contribution in [3.63, 3.8) is 0 Å². The van der Waals surface area contributed by atoms with Crippen LogP contribution in [0.1, 0.15) is 55.6 Å². The number of rotatable bonds is 11. The van der Waals surface area contributed by atoms with Gasteiger partial charge in [0.2, 0.25) is 0 Å². The minimum atomic E-state index is -1.22. The van der Waals surface area contributed by atoms with Gasteiger partial charge in [-0.3, -0.25) is 4.79 Å². The highest BCUT2D eigenvalue weighted by molar-refractivity contribution is 5.88. The van der Waals surface area contributed by atoms with Gasteiger partial charge in [0.25, 0.3) is 0 Å². The third kappa shape index (κ3) is 5.09. The monoisotopic (exact) mass is 485 g/mol. The Morgan fingerprint density at radius 3 is 2.60 bits per heavy atom. The Kier molecular flexibility index (Phi) is 7.52. The lowest BCUT2D eigenvalue weighted by atomic mass is 9.86. The van der Waals surface area contributed by atoms with Gasteiger partial charge in [-0.05, 0) is 36.5 Å². The quantitative estimate of drug-likeness (QED) is 0.477. The minimum absolute atomic E-state index is 0.00999. The normalized spacial score (nSPS) is 17.9. The molecule has 190 valence electrons. The zero-order chi connectivity index (χ0) is 25.2. The molecule has 2 aromatic rings. The molecule has 1 fully saturated rings. The van der Waals surface area contributed by atoms with Crippen LogP contribution in [-0.2, 0) is 15.9 Å². The van der Waals surface area contributed by atoms with Crippen LogP contribution in [0.5, 0.6) is 11.5 Å². The molecule has 1 saturated heterocycles. The smallest absolute Gasteiger partial charge is 0.341 e. The second-order valence-corrected chi connectivity index (χ2v) is 10.0. The van der Waals surface area contributed by atoms with E-state index < -0.39 is 11.4 Å². The molecule has 0 amide bonds. The number of aromatic nitrogens is 1. The molecular weight excluding hydrogens is 450 g/mol. The molecule has 1 aromatic heterocycles. The molecule has 0 bridgehead atoms. The van der Waals surface area contributed by atoms with E-state index in [1.807, 2.05) is 16.7 Å². The molecule has 1 aromatic carbocycles. The predicted octanol–water partition coefficient (Wildman–Crippen LogP) is 4.19. The van der Waals surface area contributed by atoms with Crippen molar-refractivity contribution in [1.82, 2.24) is 4.57 Å². The molecule has 1 atom stereocenters. The molecule has 2 aliphatic rings.